The summed E-state index contributed by atoms with van der Waals surface area (Å²) >= 11 is 1.69. The fraction of sp³-hybridized carbons (Fsp3) is 0.364. The predicted molar refractivity (Wildman–Crippen MR) is 62.6 cm³/mol. The highest BCUT2D eigenvalue weighted by molar-refractivity contribution is 7.17. The van der Waals surface area contributed by atoms with Crippen molar-refractivity contribution >= 4 is 27.2 Å². The van der Waals surface area contributed by atoms with E-state index in [9.17, 15) is 0 Å². The standard InChI is InChI=1S/C11H14N2S/c1-2-3-4-8-9(12)5-6-10-11(8)14-7-13-10/h5-7H,2-4,12H2,1H3. The fourth-order valence-electron chi connectivity index (χ4n) is 1.61. The summed E-state index contributed by atoms with van der Waals surface area (Å²) in [5.41, 5.74) is 11.1. The highest BCUT2D eigenvalue weighted by Gasteiger charge is 2.06. The van der Waals surface area contributed by atoms with Gasteiger partial charge in [-0.2, -0.15) is 0 Å². The molecular weight excluding hydrogens is 192 g/mol. The summed E-state index contributed by atoms with van der Waals surface area (Å²) < 4.78 is 1.26. The number of rotatable bonds is 3. The molecule has 14 heavy (non-hydrogen) atoms. The molecule has 1 aromatic carbocycles. The summed E-state index contributed by atoms with van der Waals surface area (Å²) in [5, 5.41) is 0. The molecule has 0 fully saturated rings. The van der Waals surface area contributed by atoms with Gasteiger partial charge >= 0.3 is 0 Å². The molecule has 0 aliphatic carbocycles. The van der Waals surface area contributed by atoms with E-state index in [-0.39, 0.29) is 0 Å². The Balaban J connectivity index is 2.47. The van der Waals surface area contributed by atoms with Gasteiger partial charge in [-0.3, -0.25) is 0 Å². The minimum atomic E-state index is 0.912. The van der Waals surface area contributed by atoms with Crippen LogP contribution in [0.15, 0.2) is 17.6 Å². The minimum absolute atomic E-state index is 0.912. The van der Waals surface area contributed by atoms with Crippen molar-refractivity contribution in [3.05, 3.63) is 23.2 Å². The third kappa shape index (κ3) is 1.60. The average Bonchev–Trinajstić information content (AvgIpc) is 2.64. The van der Waals surface area contributed by atoms with Crippen LogP contribution in [0.1, 0.15) is 25.3 Å². The number of nitrogens with two attached hydrogens (primary N) is 1. The quantitative estimate of drug-likeness (QED) is 0.783. The van der Waals surface area contributed by atoms with E-state index in [1.807, 2.05) is 17.6 Å². The Hall–Kier alpha value is -1.09. The van der Waals surface area contributed by atoms with Crippen LogP contribution in [0, 0.1) is 0 Å². The number of nitrogen functional groups attached to an aromatic ring is 1. The van der Waals surface area contributed by atoms with Crippen LogP contribution >= 0.6 is 11.3 Å². The van der Waals surface area contributed by atoms with Crippen LogP contribution < -0.4 is 5.73 Å². The first kappa shape index (κ1) is 9.46. The molecule has 1 aromatic heterocycles. The molecule has 2 nitrogen and oxygen atoms in total. The number of hydrogen-bond acceptors (Lipinski definition) is 3. The molecule has 0 unspecified atom stereocenters. The topological polar surface area (TPSA) is 38.9 Å². The van der Waals surface area contributed by atoms with Gasteiger partial charge in [0.1, 0.15) is 0 Å². The van der Waals surface area contributed by atoms with Crippen LogP contribution in [0.25, 0.3) is 10.2 Å². The number of benzene rings is 1. The van der Waals surface area contributed by atoms with Gasteiger partial charge in [-0.05, 0) is 30.5 Å². The Bertz CT molecular complexity index is 434. The molecule has 1 heterocycles. The van der Waals surface area contributed by atoms with Crippen LogP contribution in [0.3, 0.4) is 0 Å². The number of aromatic nitrogens is 1. The molecular formula is C11H14N2S. The minimum Gasteiger partial charge on any atom is -0.398 e. The molecule has 74 valence electrons. The predicted octanol–water partition coefficient (Wildman–Crippen LogP) is 3.22. The zero-order valence-corrected chi connectivity index (χ0v) is 9.10. The number of unbranched alkanes of at least 4 members (excludes halogenated alkanes) is 1. The van der Waals surface area contributed by atoms with E-state index in [4.69, 9.17) is 5.73 Å². The van der Waals surface area contributed by atoms with E-state index in [1.54, 1.807) is 11.3 Å². The van der Waals surface area contributed by atoms with Crippen LogP contribution in [0.4, 0.5) is 5.69 Å². The molecule has 0 aliphatic heterocycles. The van der Waals surface area contributed by atoms with Crippen LogP contribution in [-0.4, -0.2) is 4.98 Å². The van der Waals surface area contributed by atoms with E-state index in [1.165, 1.54) is 23.1 Å². The monoisotopic (exact) mass is 206 g/mol. The van der Waals surface area contributed by atoms with Gasteiger partial charge in [0.2, 0.25) is 0 Å². The Morgan fingerprint density at radius 1 is 1.43 bits per heavy atom. The molecule has 0 amide bonds. The molecule has 2 N–H and O–H groups in total. The molecule has 0 atom stereocenters. The molecule has 0 spiro atoms. The first-order valence-corrected chi connectivity index (χ1v) is 5.81. The number of anilines is 1. The lowest BCUT2D eigenvalue weighted by Gasteiger charge is -2.05. The van der Waals surface area contributed by atoms with Crippen molar-refractivity contribution in [3.63, 3.8) is 0 Å². The van der Waals surface area contributed by atoms with Gasteiger partial charge in [0, 0.05) is 5.69 Å². The number of aryl methyl sites for hydroxylation is 1. The second-order valence-electron chi connectivity index (χ2n) is 3.44. The van der Waals surface area contributed by atoms with Gasteiger partial charge < -0.3 is 5.73 Å². The van der Waals surface area contributed by atoms with Crippen molar-refractivity contribution < 1.29 is 0 Å². The summed E-state index contributed by atoms with van der Waals surface area (Å²) in [6, 6.07) is 3.96. The van der Waals surface area contributed by atoms with E-state index in [2.05, 4.69) is 11.9 Å². The van der Waals surface area contributed by atoms with Crippen molar-refractivity contribution in [2.75, 3.05) is 5.73 Å². The maximum Gasteiger partial charge on any atom is 0.0816 e. The van der Waals surface area contributed by atoms with Crippen LogP contribution in [0.5, 0.6) is 0 Å². The maximum atomic E-state index is 5.97. The number of hydrogen-bond donors (Lipinski definition) is 1. The SMILES string of the molecule is CCCCc1c(N)ccc2ncsc12. The van der Waals surface area contributed by atoms with Gasteiger partial charge in [-0.1, -0.05) is 13.3 Å². The zero-order chi connectivity index (χ0) is 9.97. The molecule has 3 heteroatoms. The third-order valence-electron chi connectivity index (χ3n) is 2.42. The van der Waals surface area contributed by atoms with Crippen LogP contribution in [-0.2, 0) is 6.42 Å². The van der Waals surface area contributed by atoms with Gasteiger partial charge in [0.25, 0.3) is 0 Å². The Morgan fingerprint density at radius 3 is 3.07 bits per heavy atom. The summed E-state index contributed by atoms with van der Waals surface area (Å²) in [6.07, 6.45) is 3.47. The van der Waals surface area contributed by atoms with Crippen LogP contribution in [0.2, 0.25) is 0 Å². The zero-order valence-electron chi connectivity index (χ0n) is 8.29. The largest absolute Gasteiger partial charge is 0.398 e. The van der Waals surface area contributed by atoms with Gasteiger partial charge in [-0.25, -0.2) is 4.98 Å². The molecule has 0 saturated carbocycles. The summed E-state index contributed by atoms with van der Waals surface area (Å²) in [5.74, 6) is 0. The third-order valence-corrected chi connectivity index (χ3v) is 3.32. The van der Waals surface area contributed by atoms with Crippen molar-refractivity contribution in [2.45, 2.75) is 26.2 Å². The highest BCUT2D eigenvalue weighted by Crippen LogP contribution is 2.28. The highest BCUT2D eigenvalue weighted by atomic mass is 32.1. The Morgan fingerprint density at radius 2 is 2.29 bits per heavy atom. The van der Waals surface area contributed by atoms with E-state index >= 15 is 0 Å². The number of nitrogens with zero attached hydrogens (tertiary/aromatic N) is 1. The summed E-state index contributed by atoms with van der Waals surface area (Å²) in [7, 11) is 0. The van der Waals surface area contributed by atoms with Crippen molar-refractivity contribution in [1.29, 1.82) is 0 Å². The maximum absolute atomic E-state index is 5.97. The average molecular weight is 206 g/mol. The second kappa shape index (κ2) is 3.96. The second-order valence-corrected chi connectivity index (χ2v) is 4.29. The van der Waals surface area contributed by atoms with Crippen molar-refractivity contribution in [2.24, 2.45) is 0 Å². The number of thiazole rings is 1. The van der Waals surface area contributed by atoms with E-state index < -0.39 is 0 Å². The smallest absolute Gasteiger partial charge is 0.0816 e. The molecule has 0 radical (unpaired) electrons. The van der Waals surface area contributed by atoms with Crippen molar-refractivity contribution in [1.82, 2.24) is 4.98 Å². The normalized spacial score (nSPS) is 10.9. The molecule has 0 aliphatic rings. The summed E-state index contributed by atoms with van der Waals surface area (Å²) in [4.78, 5) is 4.29. The van der Waals surface area contributed by atoms with Gasteiger partial charge in [0.15, 0.2) is 0 Å². The van der Waals surface area contributed by atoms with Gasteiger partial charge in [0.05, 0.1) is 15.7 Å². The molecule has 0 saturated heterocycles. The molecule has 2 rings (SSSR count). The molecule has 0 bridgehead atoms. The lowest BCUT2D eigenvalue weighted by Crippen LogP contribution is -1.94. The lowest BCUT2D eigenvalue weighted by molar-refractivity contribution is 0.801. The molecule has 2 aromatic rings. The summed E-state index contributed by atoms with van der Waals surface area (Å²) in [6.45, 7) is 2.20. The lowest BCUT2D eigenvalue weighted by atomic mass is 10.1. The van der Waals surface area contributed by atoms with E-state index in [0.717, 1.165) is 17.6 Å². The van der Waals surface area contributed by atoms with Crippen molar-refractivity contribution in [3.8, 4) is 0 Å². The van der Waals surface area contributed by atoms with E-state index in [0.29, 0.717) is 0 Å². The van der Waals surface area contributed by atoms with Gasteiger partial charge in [-0.15, -0.1) is 11.3 Å². The Labute approximate surface area is 87.8 Å². The first-order valence-electron chi connectivity index (χ1n) is 4.93. The first-order chi connectivity index (χ1) is 6.83. The fourth-order valence-corrected chi connectivity index (χ4v) is 2.49. The number of fused-ring (bicyclic) bond motifs is 1. The Kier molecular flexibility index (Phi) is 2.68.